The predicted molar refractivity (Wildman–Crippen MR) is 175 cm³/mol. The molecule has 1 fully saturated rings. The number of aryl methyl sites for hydroxylation is 1. The van der Waals surface area contributed by atoms with Gasteiger partial charge in [-0.25, -0.2) is 4.98 Å². The first kappa shape index (κ1) is 30.8. The molecule has 0 spiro atoms. The van der Waals surface area contributed by atoms with Crippen LogP contribution in [0.15, 0.2) is 78.9 Å². The molecule has 0 saturated heterocycles. The molecule has 0 aliphatic heterocycles. The van der Waals surface area contributed by atoms with Crippen molar-refractivity contribution in [1.82, 2.24) is 4.98 Å². The second-order valence-corrected chi connectivity index (χ2v) is 12.9. The molecule has 41 heavy (non-hydrogen) atoms. The average Bonchev–Trinajstić information content (AvgIpc) is 3.76. The van der Waals surface area contributed by atoms with E-state index in [2.05, 4.69) is 78.2 Å². The molecule has 6 heteroatoms. The number of carbonyl (C=O) groups is 1. The normalized spacial score (nSPS) is 14.1. The first-order valence-electron chi connectivity index (χ1n) is 14.1. The Kier molecular flexibility index (Phi) is 10.7. The topological polar surface area (TPSA) is 76.2 Å². The van der Waals surface area contributed by atoms with Crippen LogP contribution in [-0.4, -0.2) is 21.8 Å². The number of carbonyl (C=O) groups excluding carboxylic acids is 1. The molecule has 1 aliphatic rings. The van der Waals surface area contributed by atoms with E-state index in [1.54, 1.807) is 0 Å². The third-order valence-corrected chi connectivity index (χ3v) is 8.80. The lowest BCUT2D eigenvalue weighted by Crippen LogP contribution is -2.18. The van der Waals surface area contributed by atoms with Gasteiger partial charge in [-0.3, -0.25) is 4.79 Å². The summed E-state index contributed by atoms with van der Waals surface area (Å²) in [6, 6.07) is 27.2. The molecule has 1 amide bonds. The minimum atomic E-state index is -0.833. The molecule has 1 saturated carbocycles. The maximum Gasteiger partial charge on any atom is 0.214 e. The molecule has 1 atom stereocenters. The summed E-state index contributed by atoms with van der Waals surface area (Å²) in [6.45, 7) is 5.06. The smallest absolute Gasteiger partial charge is 0.214 e. The summed E-state index contributed by atoms with van der Waals surface area (Å²) in [6.07, 6.45) is 8.96. The molecule has 3 aromatic carbocycles. The fourth-order valence-corrected chi connectivity index (χ4v) is 6.38. The van der Waals surface area contributed by atoms with Gasteiger partial charge in [-0.2, -0.15) is 11.8 Å². The number of fused-ring (bicyclic) bond motifs is 1. The number of aromatic nitrogens is 1. The van der Waals surface area contributed by atoms with Crippen LogP contribution in [0.1, 0.15) is 73.2 Å². The third-order valence-electron chi connectivity index (χ3n) is 6.99. The van der Waals surface area contributed by atoms with Crippen molar-refractivity contribution in [2.75, 3.05) is 5.75 Å². The Morgan fingerprint density at radius 3 is 2.54 bits per heavy atom. The quantitative estimate of drug-likeness (QED) is 0.195. The van der Waals surface area contributed by atoms with Gasteiger partial charge in [0.1, 0.15) is 0 Å². The zero-order chi connectivity index (χ0) is 29.4. The van der Waals surface area contributed by atoms with E-state index in [4.69, 9.17) is 16.6 Å². The first-order chi connectivity index (χ1) is 19.6. The summed E-state index contributed by atoms with van der Waals surface area (Å²) in [7, 11) is 0. The van der Waals surface area contributed by atoms with E-state index in [0.717, 1.165) is 40.9 Å². The number of halogens is 1. The Balaban J connectivity index is 0.000000909. The number of aliphatic hydroxyl groups is 1. The minimum Gasteiger partial charge on any atom is -0.386 e. The first-order valence-corrected chi connectivity index (χ1v) is 15.5. The Morgan fingerprint density at radius 2 is 1.80 bits per heavy atom. The zero-order valence-corrected chi connectivity index (χ0v) is 25.6. The van der Waals surface area contributed by atoms with Crippen molar-refractivity contribution >= 4 is 52.3 Å². The highest BCUT2D eigenvalue weighted by Crippen LogP contribution is 2.41. The van der Waals surface area contributed by atoms with Gasteiger partial charge < -0.3 is 10.8 Å². The molecule has 214 valence electrons. The molecule has 4 aromatic rings. The van der Waals surface area contributed by atoms with Crippen LogP contribution >= 0.6 is 23.4 Å². The lowest BCUT2D eigenvalue weighted by atomic mass is 9.90. The predicted octanol–water partition coefficient (Wildman–Crippen LogP) is 8.59. The van der Waals surface area contributed by atoms with Crippen molar-refractivity contribution in [3.63, 3.8) is 0 Å². The van der Waals surface area contributed by atoms with Crippen LogP contribution in [-0.2, 0) is 16.8 Å². The van der Waals surface area contributed by atoms with Crippen LogP contribution in [0, 0.1) is 5.92 Å². The number of primary amides is 1. The van der Waals surface area contributed by atoms with Crippen molar-refractivity contribution in [2.45, 2.75) is 57.3 Å². The van der Waals surface area contributed by atoms with E-state index in [1.165, 1.54) is 42.2 Å². The summed E-state index contributed by atoms with van der Waals surface area (Å²) in [5, 5.41) is 12.9. The summed E-state index contributed by atoms with van der Waals surface area (Å²) in [5.74, 6) is 1.77. The lowest BCUT2D eigenvalue weighted by Gasteiger charge is -2.23. The molecule has 1 heterocycles. The van der Waals surface area contributed by atoms with E-state index in [1.807, 2.05) is 44.2 Å². The summed E-state index contributed by atoms with van der Waals surface area (Å²) in [5.41, 5.74) is 10.3. The Labute approximate surface area is 253 Å². The van der Waals surface area contributed by atoms with Gasteiger partial charge in [0.05, 0.1) is 16.8 Å². The Hall–Kier alpha value is -3.12. The number of hydrogen-bond acceptors (Lipinski definition) is 4. The lowest BCUT2D eigenvalue weighted by molar-refractivity contribution is -0.115. The van der Waals surface area contributed by atoms with Crippen LogP contribution in [0.3, 0.4) is 0 Å². The number of amides is 1. The van der Waals surface area contributed by atoms with E-state index in [0.29, 0.717) is 10.3 Å². The SMILES string of the molecule is CC(C)(O)c1ccccc1CC[C@@H](SCC1CC1)c1cccc(/C=C/c2ccc3ccc(Cl)cc3n2)c1.CC(N)=O. The summed E-state index contributed by atoms with van der Waals surface area (Å²) in [4.78, 5) is 14.0. The van der Waals surface area contributed by atoms with E-state index >= 15 is 0 Å². The van der Waals surface area contributed by atoms with Gasteiger partial charge in [0.15, 0.2) is 0 Å². The van der Waals surface area contributed by atoms with Crippen LogP contribution in [0.2, 0.25) is 5.02 Å². The van der Waals surface area contributed by atoms with Crippen molar-refractivity contribution < 1.29 is 9.90 Å². The van der Waals surface area contributed by atoms with Gasteiger partial charge in [0, 0.05) is 22.6 Å². The molecule has 3 N–H and O–H groups in total. The van der Waals surface area contributed by atoms with Crippen LogP contribution in [0.4, 0.5) is 0 Å². The highest BCUT2D eigenvalue weighted by atomic mass is 35.5. The number of nitrogens with two attached hydrogens (primary N) is 1. The maximum absolute atomic E-state index is 10.7. The number of thioether (sulfide) groups is 1. The minimum absolute atomic E-state index is 0.333. The van der Waals surface area contributed by atoms with Gasteiger partial charge in [-0.1, -0.05) is 78.3 Å². The Morgan fingerprint density at radius 1 is 1.07 bits per heavy atom. The van der Waals surface area contributed by atoms with Crippen LogP contribution in [0.5, 0.6) is 0 Å². The number of rotatable bonds is 10. The summed E-state index contributed by atoms with van der Waals surface area (Å²) >= 11 is 8.26. The standard InChI is InChI=1S/C33H34ClNOS.C2H5NO/c1-33(2,36)30-9-4-3-7-25(30)15-19-32(37-22-24-10-11-24)27-8-5-6-23(20-27)12-17-29-18-14-26-13-16-28(34)21-31(26)35-29;1-2(3)4/h3-9,12-14,16-18,20-21,24,32,36H,10-11,15,19,22H2,1-2H3;1H3,(H2,3,4)/b17-12+;/t32-;/m1./s1. The highest BCUT2D eigenvalue weighted by Gasteiger charge is 2.25. The van der Waals surface area contributed by atoms with Crippen molar-refractivity contribution in [3.05, 3.63) is 112 Å². The van der Waals surface area contributed by atoms with E-state index in [-0.39, 0.29) is 5.91 Å². The van der Waals surface area contributed by atoms with E-state index in [9.17, 15) is 9.90 Å². The molecule has 0 radical (unpaired) electrons. The zero-order valence-electron chi connectivity index (χ0n) is 24.0. The molecule has 1 aliphatic carbocycles. The number of pyridine rings is 1. The molecule has 4 nitrogen and oxygen atoms in total. The molecular weight excluding hydrogens is 548 g/mol. The highest BCUT2D eigenvalue weighted by molar-refractivity contribution is 7.99. The van der Waals surface area contributed by atoms with Gasteiger partial charge in [-0.05, 0) is 97.7 Å². The molecule has 0 bridgehead atoms. The van der Waals surface area contributed by atoms with Gasteiger partial charge in [-0.15, -0.1) is 0 Å². The number of hydrogen-bond donors (Lipinski definition) is 2. The second kappa shape index (κ2) is 14.2. The van der Waals surface area contributed by atoms with Gasteiger partial charge in [0.2, 0.25) is 5.91 Å². The van der Waals surface area contributed by atoms with E-state index < -0.39 is 5.60 Å². The Bertz CT molecular complexity index is 1500. The largest absolute Gasteiger partial charge is 0.386 e. The van der Waals surface area contributed by atoms with Crippen molar-refractivity contribution in [1.29, 1.82) is 0 Å². The fraction of sp³-hybridized carbons (Fsp3) is 0.314. The molecule has 1 aromatic heterocycles. The second-order valence-electron chi connectivity index (χ2n) is 11.2. The van der Waals surface area contributed by atoms with Crippen LogP contribution in [0.25, 0.3) is 23.1 Å². The monoisotopic (exact) mass is 586 g/mol. The summed E-state index contributed by atoms with van der Waals surface area (Å²) < 4.78 is 0. The molecular formula is C35H39ClN2O2S. The molecule has 0 unspecified atom stereocenters. The number of benzene rings is 3. The fourth-order valence-electron chi connectivity index (χ4n) is 4.75. The number of nitrogens with zero attached hydrogens (tertiary/aromatic N) is 1. The molecule has 5 rings (SSSR count). The van der Waals surface area contributed by atoms with Crippen molar-refractivity contribution in [3.8, 4) is 0 Å². The maximum atomic E-state index is 10.7. The third kappa shape index (κ3) is 9.74. The van der Waals surface area contributed by atoms with Crippen LogP contribution < -0.4 is 5.73 Å². The van der Waals surface area contributed by atoms with Gasteiger partial charge >= 0.3 is 0 Å². The van der Waals surface area contributed by atoms with Crippen molar-refractivity contribution in [2.24, 2.45) is 11.7 Å². The average molecular weight is 587 g/mol. The van der Waals surface area contributed by atoms with Gasteiger partial charge in [0.25, 0.3) is 0 Å².